The molecule has 0 aromatic heterocycles. The van der Waals surface area contributed by atoms with E-state index in [2.05, 4.69) is 19.1 Å². The van der Waals surface area contributed by atoms with Crippen LogP contribution in [0, 0.1) is 0 Å². The van der Waals surface area contributed by atoms with Crippen LogP contribution in [0.25, 0.3) is 0 Å². The van der Waals surface area contributed by atoms with Crippen molar-refractivity contribution in [3.63, 3.8) is 0 Å². The summed E-state index contributed by atoms with van der Waals surface area (Å²) in [4.78, 5) is 0. The molecule has 4 atom stereocenters. The summed E-state index contributed by atoms with van der Waals surface area (Å²) in [7, 11) is 0. The topological polar surface area (TPSA) is 79.2 Å². The van der Waals surface area contributed by atoms with Crippen LogP contribution in [0.4, 0.5) is 0 Å². The minimum atomic E-state index is -1.09. The first-order valence-corrected chi connectivity index (χ1v) is 9.55. The third-order valence-corrected chi connectivity index (χ3v) is 4.50. The molecule has 1 heterocycles. The molecule has 5 heteroatoms. The fourth-order valence-electron chi connectivity index (χ4n) is 2.86. The van der Waals surface area contributed by atoms with Gasteiger partial charge in [-0.2, -0.15) is 0 Å². The van der Waals surface area contributed by atoms with E-state index < -0.39 is 24.4 Å². The van der Waals surface area contributed by atoms with Gasteiger partial charge in [0.15, 0.2) is 0 Å². The quantitative estimate of drug-likeness (QED) is 0.353. The second kappa shape index (κ2) is 13.8. The Bertz CT molecular complexity index is 321. The van der Waals surface area contributed by atoms with E-state index in [9.17, 15) is 10.2 Å². The zero-order valence-electron chi connectivity index (χ0n) is 15.1. The molecule has 0 spiro atoms. The van der Waals surface area contributed by atoms with Gasteiger partial charge in [-0.3, -0.25) is 0 Å². The molecule has 5 nitrogen and oxygen atoms in total. The van der Waals surface area contributed by atoms with Crippen LogP contribution in [-0.2, 0) is 9.47 Å². The number of ether oxygens (including phenoxy) is 2. The molecule has 1 aliphatic rings. The van der Waals surface area contributed by atoms with Gasteiger partial charge in [0.05, 0.1) is 13.2 Å². The summed E-state index contributed by atoms with van der Waals surface area (Å²) in [6.45, 7) is 2.71. The molecule has 1 saturated heterocycles. The molecule has 0 unspecified atom stereocenters. The van der Waals surface area contributed by atoms with Gasteiger partial charge in [0.1, 0.15) is 24.4 Å². The van der Waals surface area contributed by atoms with E-state index in [1.807, 2.05) is 0 Å². The van der Waals surface area contributed by atoms with Crippen molar-refractivity contribution in [3.8, 4) is 0 Å². The van der Waals surface area contributed by atoms with E-state index in [0.717, 1.165) is 19.3 Å². The van der Waals surface area contributed by atoms with Gasteiger partial charge in [0.2, 0.25) is 0 Å². The van der Waals surface area contributed by atoms with Gasteiger partial charge in [-0.25, -0.2) is 0 Å². The van der Waals surface area contributed by atoms with E-state index in [1.54, 1.807) is 0 Å². The Kier molecular flexibility index (Phi) is 12.4. The predicted molar refractivity (Wildman–Crippen MR) is 94.9 cm³/mol. The second-order valence-electron chi connectivity index (χ2n) is 6.61. The average Bonchev–Trinajstić information content (AvgIpc) is 2.59. The molecule has 0 saturated carbocycles. The van der Waals surface area contributed by atoms with Crippen molar-refractivity contribution in [2.24, 2.45) is 0 Å². The maximum atomic E-state index is 9.94. The predicted octanol–water partition coefficient (Wildman–Crippen LogP) is 2.57. The zero-order chi connectivity index (χ0) is 17.6. The second-order valence-corrected chi connectivity index (χ2v) is 6.61. The third kappa shape index (κ3) is 8.58. The van der Waals surface area contributed by atoms with Crippen LogP contribution in [0.3, 0.4) is 0 Å². The molecule has 0 bridgehead atoms. The minimum absolute atomic E-state index is 0.215. The first-order valence-electron chi connectivity index (χ1n) is 9.55. The molecule has 0 aliphatic carbocycles. The summed E-state index contributed by atoms with van der Waals surface area (Å²) in [5.41, 5.74) is 0. The molecule has 0 aromatic carbocycles. The minimum Gasteiger partial charge on any atom is -0.394 e. The van der Waals surface area contributed by atoms with Crippen molar-refractivity contribution in [2.75, 3.05) is 19.8 Å². The molecule has 0 radical (unpaired) electrons. The molecule has 3 N–H and O–H groups in total. The summed E-state index contributed by atoms with van der Waals surface area (Å²) in [5, 5.41) is 28.7. The highest BCUT2D eigenvalue weighted by molar-refractivity contribution is 4.87. The van der Waals surface area contributed by atoms with Gasteiger partial charge in [-0.05, 0) is 32.1 Å². The van der Waals surface area contributed by atoms with Crippen LogP contribution in [0.2, 0.25) is 0 Å². The lowest BCUT2D eigenvalue weighted by molar-refractivity contribution is -0.208. The molecular weight excluding hydrogens is 308 g/mol. The third-order valence-electron chi connectivity index (χ3n) is 4.50. The Hall–Kier alpha value is -0.460. The number of hydrogen-bond acceptors (Lipinski definition) is 5. The Morgan fingerprint density at radius 2 is 1.62 bits per heavy atom. The fraction of sp³-hybridized carbons (Fsp3) is 0.895. The van der Waals surface area contributed by atoms with Crippen molar-refractivity contribution in [2.45, 2.75) is 89.1 Å². The number of rotatable bonds is 13. The van der Waals surface area contributed by atoms with E-state index in [1.165, 1.54) is 38.5 Å². The maximum Gasteiger partial charge on any atom is 0.111 e. The van der Waals surface area contributed by atoms with Gasteiger partial charge >= 0.3 is 0 Å². The fourth-order valence-corrected chi connectivity index (χ4v) is 2.86. The summed E-state index contributed by atoms with van der Waals surface area (Å²) in [5.74, 6) is 0. The highest BCUT2D eigenvalue weighted by Gasteiger charge is 2.38. The van der Waals surface area contributed by atoms with Crippen molar-refractivity contribution < 1.29 is 24.8 Å². The van der Waals surface area contributed by atoms with Crippen LogP contribution in [0.15, 0.2) is 12.2 Å². The summed E-state index contributed by atoms with van der Waals surface area (Å²) in [6, 6.07) is 0. The van der Waals surface area contributed by atoms with Crippen LogP contribution in [0.5, 0.6) is 0 Å². The lowest BCUT2D eigenvalue weighted by atomic mass is 10.0. The van der Waals surface area contributed by atoms with Crippen LogP contribution in [0.1, 0.15) is 64.7 Å². The van der Waals surface area contributed by atoms with Crippen LogP contribution < -0.4 is 0 Å². The Balaban J connectivity index is 1.95. The number of allylic oxidation sites excluding steroid dienone is 2. The molecule has 1 aliphatic heterocycles. The van der Waals surface area contributed by atoms with E-state index in [4.69, 9.17) is 14.6 Å². The van der Waals surface area contributed by atoms with Crippen molar-refractivity contribution >= 4 is 0 Å². The van der Waals surface area contributed by atoms with Gasteiger partial charge in [-0.1, -0.05) is 44.8 Å². The summed E-state index contributed by atoms with van der Waals surface area (Å²) >= 11 is 0. The van der Waals surface area contributed by atoms with Gasteiger partial charge in [0, 0.05) is 6.61 Å². The maximum absolute atomic E-state index is 9.94. The van der Waals surface area contributed by atoms with Crippen molar-refractivity contribution in [1.29, 1.82) is 0 Å². The summed E-state index contributed by atoms with van der Waals surface area (Å²) in [6.07, 6.45) is 12.0. The van der Waals surface area contributed by atoms with E-state index in [0.29, 0.717) is 6.61 Å². The number of unbranched alkanes of at least 4 members (excludes halogenated alkanes) is 7. The largest absolute Gasteiger partial charge is 0.394 e. The number of hydrogen-bond donors (Lipinski definition) is 3. The van der Waals surface area contributed by atoms with Gasteiger partial charge in [0.25, 0.3) is 0 Å². The first-order chi connectivity index (χ1) is 11.7. The zero-order valence-corrected chi connectivity index (χ0v) is 15.1. The van der Waals surface area contributed by atoms with Crippen LogP contribution in [-0.4, -0.2) is 59.6 Å². The van der Waals surface area contributed by atoms with Gasteiger partial charge < -0.3 is 24.8 Å². The van der Waals surface area contributed by atoms with Gasteiger partial charge in [-0.15, -0.1) is 0 Å². The summed E-state index contributed by atoms with van der Waals surface area (Å²) < 4.78 is 10.9. The van der Waals surface area contributed by atoms with E-state index >= 15 is 0 Å². The van der Waals surface area contributed by atoms with E-state index in [-0.39, 0.29) is 13.2 Å². The molecule has 0 aromatic rings. The number of aliphatic hydroxyl groups is 3. The Morgan fingerprint density at radius 1 is 0.958 bits per heavy atom. The molecule has 0 amide bonds. The molecular formula is C19H36O5. The normalized spacial score (nSPS) is 27.8. The molecule has 1 fully saturated rings. The first kappa shape index (κ1) is 21.6. The highest BCUT2D eigenvalue weighted by atomic mass is 16.6. The lowest BCUT2D eigenvalue weighted by Crippen LogP contribution is -2.55. The lowest BCUT2D eigenvalue weighted by Gasteiger charge is -2.36. The smallest absolute Gasteiger partial charge is 0.111 e. The Labute approximate surface area is 146 Å². The highest BCUT2D eigenvalue weighted by Crippen LogP contribution is 2.18. The van der Waals surface area contributed by atoms with Crippen molar-refractivity contribution in [3.05, 3.63) is 12.2 Å². The van der Waals surface area contributed by atoms with Crippen molar-refractivity contribution in [1.82, 2.24) is 0 Å². The molecule has 24 heavy (non-hydrogen) atoms. The molecule has 1 rings (SSSR count). The SMILES string of the molecule is CCCCC/C=C/CCCCCCO[C@H]1CO[C@H](CO)[C@@H](O)[C@@H]1O. The van der Waals surface area contributed by atoms with Crippen LogP contribution >= 0.6 is 0 Å². The monoisotopic (exact) mass is 344 g/mol. The average molecular weight is 344 g/mol. The standard InChI is InChI=1S/C19H36O5/c1-2-3-4-5-6-7-8-9-10-11-12-13-23-17-15-24-16(14-20)18(21)19(17)22/h6-7,16-22H,2-5,8-15H2,1H3/b7-6+/t16-,17+,18-,19-/m1/s1. The number of aliphatic hydroxyl groups excluding tert-OH is 3. The Morgan fingerprint density at radius 3 is 2.29 bits per heavy atom. The molecule has 142 valence electrons.